The van der Waals surface area contributed by atoms with Gasteiger partial charge in [0, 0.05) is 17.0 Å². The number of rotatable bonds is 1. The number of aliphatic carboxylic acids is 1. The maximum atomic E-state index is 12.3. The Morgan fingerprint density at radius 1 is 1.04 bits per heavy atom. The zero-order valence-corrected chi connectivity index (χ0v) is 14.5. The number of carbonyl (C=O) groups is 1. The van der Waals surface area contributed by atoms with Crippen LogP contribution in [-0.4, -0.2) is 20.9 Å². The van der Waals surface area contributed by atoms with Crippen molar-refractivity contribution in [2.75, 3.05) is 0 Å². The summed E-state index contributed by atoms with van der Waals surface area (Å²) in [4.78, 5) is 26.5. The third-order valence-electron chi connectivity index (χ3n) is 7.14. The maximum absolute atomic E-state index is 12.3. The normalized spacial score (nSPS) is 29.2. The smallest absolute Gasteiger partial charge is 0.0984 e. The van der Waals surface area contributed by atoms with Crippen LogP contribution in [0.3, 0.4) is 0 Å². The molecule has 5 rings (SSSR count). The summed E-state index contributed by atoms with van der Waals surface area (Å²) in [6.07, 6.45) is 3.08. The fraction of sp³-hybridized carbons (Fsp3) is 0.400. The van der Waals surface area contributed by atoms with Crippen LogP contribution in [0.1, 0.15) is 45.0 Å². The summed E-state index contributed by atoms with van der Waals surface area (Å²) in [5, 5.41) is 13.2. The Labute approximate surface area is 145 Å². The van der Waals surface area contributed by atoms with Gasteiger partial charge in [-0.05, 0) is 42.5 Å². The largest absolute Gasteiger partial charge is 0.549 e. The monoisotopic (exact) mass is 332 g/mol. The van der Waals surface area contributed by atoms with Gasteiger partial charge in [-0.2, -0.15) is 0 Å². The summed E-state index contributed by atoms with van der Waals surface area (Å²) < 4.78 is 0. The number of nitrogens with zero attached hydrogens (tertiary/aromatic N) is 3. The van der Waals surface area contributed by atoms with E-state index in [2.05, 4.69) is 11.9 Å². The Hall–Kier alpha value is -2.56. The SMILES string of the molecule is CC1(C)[C@]2(C)CC[C@@]1(C(=O)[O-])c1nc3c(ccc4ncccc43)nc12. The third-order valence-corrected chi connectivity index (χ3v) is 7.14. The molecule has 2 heterocycles. The van der Waals surface area contributed by atoms with E-state index in [1.54, 1.807) is 6.20 Å². The lowest BCUT2D eigenvalue weighted by atomic mass is 9.64. The lowest BCUT2D eigenvalue weighted by Crippen LogP contribution is -2.52. The molecule has 0 unspecified atom stereocenters. The first kappa shape index (κ1) is 14.8. The Morgan fingerprint density at radius 3 is 2.56 bits per heavy atom. The summed E-state index contributed by atoms with van der Waals surface area (Å²) in [7, 11) is 0. The van der Waals surface area contributed by atoms with Crippen molar-refractivity contribution < 1.29 is 9.90 Å². The van der Waals surface area contributed by atoms with Crippen LogP contribution in [0, 0.1) is 5.41 Å². The minimum atomic E-state index is -1.08. The average Bonchev–Trinajstić information content (AvgIpc) is 2.89. The second-order valence-electron chi connectivity index (χ2n) is 8.07. The second kappa shape index (κ2) is 4.15. The molecule has 25 heavy (non-hydrogen) atoms. The van der Waals surface area contributed by atoms with Crippen molar-refractivity contribution in [2.45, 2.75) is 44.4 Å². The highest BCUT2D eigenvalue weighted by Gasteiger charge is 2.70. The van der Waals surface area contributed by atoms with E-state index < -0.39 is 16.8 Å². The Bertz CT molecular complexity index is 1090. The van der Waals surface area contributed by atoms with Crippen LogP contribution in [0.25, 0.3) is 21.9 Å². The zero-order chi connectivity index (χ0) is 17.6. The van der Waals surface area contributed by atoms with Crippen LogP contribution < -0.4 is 5.11 Å². The van der Waals surface area contributed by atoms with E-state index in [9.17, 15) is 9.90 Å². The van der Waals surface area contributed by atoms with E-state index in [0.717, 1.165) is 34.1 Å². The van der Waals surface area contributed by atoms with Crippen molar-refractivity contribution in [3.8, 4) is 0 Å². The molecule has 126 valence electrons. The topological polar surface area (TPSA) is 78.8 Å². The van der Waals surface area contributed by atoms with Crippen molar-refractivity contribution in [3.05, 3.63) is 41.9 Å². The number of hydrogen-bond donors (Lipinski definition) is 0. The highest BCUT2D eigenvalue weighted by atomic mass is 16.4. The molecule has 2 aliphatic carbocycles. The predicted molar refractivity (Wildman–Crippen MR) is 91.9 cm³/mol. The molecular weight excluding hydrogens is 314 g/mol. The van der Waals surface area contributed by atoms with Gasteiger partial charge in [-0.3, -0.25) is 4.98 Å². The number of pyridine rings is 1. The summed E-state index contributed by atoms with van der Waals surface area (Å²) in [5.74, 6) is -1.04. The molecule has 0 spiro atoms. The van der Waals surface area contributed by atoms with Crippen LogP contribution in [0.2, 0.25) is 0 Å². The van der Waals surface area contributed by atoms with Crippen molar-refractivity contribution >= 4 is 27.9 Å². The van der Waals surface area contributed by atoms with E-state index >= 15 is 0 Å². The van der Waals surface area contributed by atoms with Crippen molar-refractivity contribution in [1.29, 1.82) is 0 Å². The molecule has 2 aromatic heterocycles. The Kier molecular flexibility index (Phi) is 2.45. The van der Waals surface area contributed by atoms with E-state index in [1.807, 2.05) is 38.1 Å². The first-order chi connectivity index (χ1) is 11.8. The highest BCUT2D eigenvalue weighted by Crippen LogP contribution is 2.69. The van der Waals surface area contributed by atoms with E-state index in [-0.39, 0.29) is 5.41 Å². The molecule has 3 aromatic rings. The Balaban J connectivity index is 1.95. The molecule has 2 bridgehead atoms. The van der Waals surface area contributed by atoms with Gasteiger partial charge in [0.25, 0.3) is 0 Å². The van der Waals surface area contributed by atoms with Gasteiger partial charge in [-0.1, -0.05) is 20.8 Å². The van der Waals surface area contributed by atoms with Gasteiger partial charge >= 0.3 is 0 Å². The molecule has 2 aliphatic rings. The summed E-state index contributed by atoms with van der Waals surface area (Å²) in [6.45, 7) is 6.15. The lowest BCUT2D eigenvalue weighted by molar-refractivity contribution is -0.317. The first-order valence-electron chi connectivity index (χ1n) is 8.61. The highest BCUT2D eigenvalue weighted by molar-refractivity contribution is 6.02. The molecule has 0 amide bonds. The van der Waals surface area contributed by atoms with E-state index in [1.165, 1.54) is 0 Å². The van der Waals surface area contributed by atoms with E-state index in [4.69, 9.17) is 9.97 Å². The summed E-state index contributed by atoms with van der Waals surface area (Å²) in [5.41, 5.74) is 1.87. The molecule has 0 aliphatic heterocycles. The molecular formula is C20H18N3O2-. The van der Waals surface area contributed by atoms with Gasteiger partial charge in [0.15, 0.2) is 0 Å². The zero-order valence-electron chi connectivity index (χ0n) is 14.5. The molecule has 1 aromatic carbocycles. The summed E-state index contributed by atoms with van der Waals surface area (Å²) in [6, 6.07) is 7.68. The van der Waals surface area contributed by atoms with Crippen LogP contribution in [0.5, 0.6) is 0 Å². The van der Waals surface area contributed by atoms with Gasteiger partial charge in [0.05, 0.1) is 39.3 Å². The van der Waals surface area contributed by atoms with Gasteiger partial charge in [0.2, 0.25) is 0 Å². The minimum absolute atomic E-state index is 0.312. The fourth-order valence-corrected chi connectivity index (χ4v) is 5.17. The minimum Gasteiger partial charge on any atom is -0.549 e. The number of aromatic nitrogens is 3. The van der Waals surface area contributed by atoms with Gasteiger partial charge in [-0.25, -0.2) is 9.97 Å². The number of carboxylic acids is 1. The quantitative estimate of drug-likeness (QED) is 0.639. The molecule has 0 radical (unpaired) electrons. The Morgan fingerprint density at radius 2 is 1.80 bits per heavy atom. The molecule has 0 saturated heterocycles. The number of fused-ring (bicyclic) bond motifs is 8. The molecule has 5 nitrogen and oxygen atoms in total. The standard InChI is InChI=1S/C20H19N3O2/c1-18(2)19(3)8-9-20(18,17(24)25)16-15(19)22-13-7-6-12-11(14(13)23-16)5-4-10-21-12/h4-7,10H,8-9H2,1-3H3,(H,24,25)/p-1/t19-,20+/m1/s1. The van der Waals surface area contributed by atoms with Crippen LogP contribution in [-0.2, 0) is 15.6 Å². The second-order valence-corrected chi connectivity index (χ2v) is 8.07. The number of carbonyl (C=O) groups excluding carboxylic acids is 1. The third kappa shape index (κ3) is 1.39. The number of hydrogen-bond acceptors (Lipinski definition) is 5. The molecule has 0 N–H and O–H groups in total. The first-order valence-corrected chi connectivity index (χ1v) is 8.61. The van der Waals surface area contributed by atoms with E-state index in [0.29, 0.717) is 12.1 Å². The van der Waals surface area contributed by atoms with Crippen LogP contribution >= 0.6 is 0 Å². The number of benzene rings is 1. The summed E-state index contributed by atoms with van der Waals surface area (Å²) >= 11 is 0. The molecule has 2 atom stereocenters. The van der Waals surface area contributed by atoms with Gasteiger partial charge in [0.1, 0.15) is 0 Å². The van der Waals surface area contributed by atoms with Crippen LogP contribution in [0.15, 0.2) is 30.5 Å². The van der Waals surface area contributed by atoms with Gasteiger partial charge in [-0.15, -0.1) is 0 Å². The molecule has 5 heteroatoms. The van der Waals surface area contributed by atoms with Crippen molar-refractivity contribution in [1.82, 2.24) is 15.0 Å². The maximum Gasteiger partial charge on any atom is 0.0984 e. The predicted octanol–water partition coefficient (Wildman–Crippen LogP) is 2.26. The fourth-order valence-electron chi connectivity index (χ4n) is 5.17. The lowest BCUT2D eigenvalue weighted by Gasteiger charge is -2.41. The molecule has 1 saturated carbocycles. The average molecular weight is 332 g/mol. The van der Waals surface area contributed by atoms with Crippen molar-refractivity contribution in [2.24, 2.45) is 5.41 Å². The van der Waals surface area contributed by atoms with Gasteiger partial charge < -0.3 is 9.90 Å². The molecule has 1 fully saturated rings. The van der Waals surface area contributed by atoms with Crippen molar-refractivity contribution in [3.63, 3.8) is 0 Å². The number of carboxylic acid groups (broad SMARTS) is 1. The van der Waals surface area contributed by atoms with Crippen LogP contribution in [0.4, 0.5) is 0 Å².